The number of imidazole rings is 1. The molecule has 1 aromatic heterocycles. The summed E-state index contributed by atoms with van der Waals surface area (Å²) in [5, 5.41) is 3.04. The van der Waals surface area contributed by atoms with Crippen molar-refractivity contribution >= 4 is 5.91 Å². The monoisotopic (exact) mass is 250 g/mol. The minimum atomic E-state index is -0.194. The molecule has 2 rings (SSSR count). The second-order valence-corrected chi connectivity index (χ2v) is 5.45. The van der Waals surface area contributed by atoms with E-state index in [1.54, 1.807) is 12.5 Å². The lowest BCUT2D eigenvalue weighted by molar-refractivity contribution is -0.132. The minimum Gasteiger partial charge on any atom is -0.355 e. The van der Waals surface area contributed by atoms with E-state index in [1.165, 1.54) is 0 Å². The zero-order valence-electron chi connectivity index (χ0n) is 11.2. The number of rotatable bonds is 4. The number of nitrogens with zero attached hydrogens (tertiary/aromatic N) is 2. The van der Waals surface area contributed by atoms with Gasteiger partial charge in [-0.15, -0.1) is 0 Å². The van der Waals surface area contributed by atoms with Gasteiger partial charge in [0.2, 0.25) is 5.91 Å². The molecule has 0 unspecified atom stereocenters. The summed E-state index contributed by atoms with van der Waals surface area (Å²) in [5.41, 5.74) is 0.865. The van der Waals surface area contributed by atoms with Crippen molar-refractivity contribution in [2.75, 3.05) is 26.7 Å². The fourth-order valence-corrected chi connectivity index (χ4v) is 2.28. The first-order valence-corrected chi connectivity index (χ1v) is 6.54. The molecule has 0 radical (unpaired) electrons. The predicted molar refractivity (Wildman–Crippen MR) is 70.1 cm³/mol. The number of amides is 1. The van der Waals surface area contributed by atoms with Gasteiger partial charge in [-0.05, 0) is 33.0 Å². The third-order valence-corrected chi connectivity index (χ3v) is 3.87. The Bertz CT molecular complexity index is 380. The molecule has 2 N–H and O–H groups in total. The Balaban J connectivity index is 1.77. The molecule has 0 aliphatic carbocycles. The number of hydrogen-bond donors (Lipinski definition) is 2. The molecule has 5 heteroatoms. The van der Waals surface area contributed by atoms with Crippen molar-refractivity contribution in [1.82, 2.24) is 20.2 Å². The van der Waals surface area contributed by atoms with Gasteiger partial charge >= 0.3 is 0 Å². The van der Waals surface area contributed by atoms with Crippen LogP contribution in [-0.2, 0) is 11.2 Å². The van der Waals surface area contributed by atoms with Crippen LogP contribution in [0.5, 0.6) is 0 Å². The lowest BCUT2D eigenvalue weighted by atomic mass is 9.79. The molecule has 0 spiro atoms. The molecule has 18 heavy (non-hydrogen) atoms. The molecule has 1 fully saturated rings. The van der Waals surface area contributed by atoms with Crippen LogP contribution in [0.3, 0.4) is 0 Å². The second-order valence-electron chi connectivity index (χ2n) is 5.45. The maximum Gasteiger partial charge on any atom is 0.226 e. The van der Waals surface area contributed by atoms with E-state index in [0.29, 0.717) is 6.54 Å². The summed E-state index contributed by atoms with van der Waals surface area (Å²) < 4.78 is 0. The average Bonchev–Trinajstić information content (AvgIpc) is 2.86. The Hall–Kier alpha value is -1.36. The normalized spacial score (nSPS) is 19.7. The van der Waals surface area contributed by atoms with Gasteiger partial charge in [0.1, 0.15) is 0 Å². The van der Waals surface area contributed by atoms with Crippen LogP contribution in [0.15, 0.2) is 12.5 Å². The number of nitrogens with one attached hydrogen (secondary N) is 2. The summed E-state index contributed by atoms with van der Waals surface area (Å²) in [4.78, 5) is 21.5. The van der Waals surface area contributed by atoms with E-state index in [0.717, 1.165) is 38.0 Å². The summed E-state index contributed by atoms with van der Waals surface area (Å²) in [7, 11) is 2.11. The molecule has 1 amide bonds. The van der Waals surface area contributed by atoms with Crippen LogP contribution >= 0.6 is 0 Å². The standard InChI is InChI=1S/C13H22N4O/c1-13(4-7-17(2)8-5-13)12(18)15-6-3-11-9-14-10-16-11/h9-10H,3-8H2,1-2H3,(H,14,16)(H,15,18). The Morgan fingerprint density at radius 1 is 1.56 bits per heavy atom. The van der Waals surface area contributed by atoms with E-state index in [9.17, 15) is 4.79 Å². The Labute approximate surface area is 108 Å². The molecule has 0 bridgehead atoms. The highest BCUT2D eigenvalue weighted by Gasteiger charge is 2.35. The molecular weight excluding hydrogens is 228 g/mol. The average molecular weight is 250 g/mol. The number of H-pyrrole nitrogens is 1. The molecule has 5 nitrogen and oxygen atoms in total. The van der Waals surface area contributed by atoms with Crippen LogP contribution in [0, 0.1) is 5.41 Å². The quantitative estimate of drug-likeness (QED) is 0.831. The maximum atomic E-state index is 12.2. The zero-order chi connectivity index (χ0) is 13.0. The molecule has 1 aliphatic rings. The van der Waals surface area contributed by atoms with Crippen molar-refractivity contribution < 1.29 is 4.79 Å². The van der Waals surface area contributed by atoms with Crippen molar-refractivity contribution in [2.45, 2.75) is 26.2 Å². The largest absolute Gasteiger partial charge is 0.355 e. The van der Waals surface area contributed by atoms with E-state index in [1.807, 2.05) is 0 Å². The van der Waals surface area contributed by atoms with E-state index in [2.05, 4.69) is 34.2 Å². The molecule has 0 saturated carbocycles. The van der Waals surface area contributed by atoms with Crippen molar-refractivity contribution in [1.29, 1.82) is 0 Å². The van der Waals surface area contributed by atoms with Gasteiger partial charge in [-0.3, -0.25) is 4.79 Å². The smallest absolute Gasteiger partial charge is 0.226 e. The first-order chi connectivity index (χ1) is 8.60. The molecule has 100 valence electrons. The molecule has 1 saturated heterocycles. The van der Waals surface area contributed by atoms with Gasteiger partial charge in [0.25, 0.3) is 0 Å². The molecular formula is C13H22N4O. The van der Waals surface area contributed by atoms with E-state index in [-0.39, 0.29) is 11.3 Å². The number of aromatic amines is 1. The van der Waals surface area contributed by atoms with Crippen LogP contribution in [0.2, 0.25) is 0 Å². The number of likely N-dealkylation sites (tertiary alicyclic amines) is 1. The fraction of sp³-hybridized carbons (Fsp3) is 0.692. The van der Waals surface area contributed by atoms with Gasteiger partial charge in [0.15, 0.2) is 0 Å². The summed E-state index contributed by atoms with van der Waals surface area (Å²) in [6, 6.07) is 0. The lowest BCUT2D eigenvalue weighted by Crippen LogP contribution is -2.46. The number of aromatic nitrogens is 2. The van der Waals surface area contributed by atoms with Gasteiger partial charge < -0.3 is 15.2 Å². The molecule has 2 heterocycles. The van der Waals surface area contributed by atoms with E-state index >= 15 is 0 Å². The number of carbonyl (C=O) groups is 1. The van der Waals surface area contributed by atoms with Gasteiger partial charge in [-0.2, -0.15) is 0 Å². The predicted octanol–water partition coefficient (Wildman–Crippen LogP) is 0.800. The van der Waals surface area contributed by atoms with Crippen LogP contribution < -0.4 is 5.32 Å². The van der Waals surface area contributed by atoms with Crippen molar-refractivity contribution in [3.63, 3.8) is 0 Å². The first-order valence-electron chi connectivity index (χ1n) is 6.54. The number of carbonyl (C=O) groups excluding carboxylic acids is 1. The third-order valence-electron chi connectivity index (χ3n) is 3.87. The Kier molecular flexibility index (Phi) is 4.01. The molecule has 0 atom stereocenters. The van der Waals surface area contributed by atoms with E-state index in [4.69, 9.17) is 0 Å². The first kappa shape index (κ1) is 13.1. The highest BCUT2D eigenvalue weighted by molar-refractivity contribution is 5.82. The van der Waals surface area contributed by atoms with Crippen LogP contribution in [0.4, 0.5) is 0 Å². The zero-order valence-corrected chi connectivity index (χ0v) is 11.2. The Morgan fingerprint density at radius 3 is 2.89 bits per heavy atom. The molecule has 1 aliphatic heterocycles. The summed E-state index contributed by atoms with van der Waals surface area (Å²) in [6.45, 7) is 4.76. The molecule has 1 aromatic rings. The van der Waals surface area contributed by atoms with Crippen molar-refractivity contribution in [3.8, 4) is 0 Å². The van der Waals surface area contributed by atoms with Gasteiger partial charge in [-0.25, -0.2) is 4.98 Å². The summed E-state index contributed by atoms with van der Waals surface area (Å²) in [5.74, 6) is 0.190. The van der Waals surface area contributed by atoms with Crippen LogP contribution in [-0.4, -0.2) is 47.5 Å². The highest BCUT2D eigenvalue weighted by Crippen LogP contribution is 2.30. The SMILES string of the molecule is CN1CCC(C)(C(=O)NCCc2cnc[nH]2)CC1. The lowest BCUT2D eigenvalue weighted by Gasteiger charge is -2.36. The third kappa shape index (κ3) is 3.10. The number of piperidine rings is 1. The van der Waals surface area contributed by atoms with Gasteiger partial charge in [0, 0.05) is 30.3 Å². The second kappa shape index (κ2) is 5.52. The van der Waals surface area contributed by atoms with Crippen molar-refractivity contribution in [2.24, 2.45) is 5.41 Å². The fourth-order valence-electron chi connectivity index (χ4n) is 2.28. The summed E-state index contributed by atoms with van der Waals surface area (Å²) in [6.07, 6.45) is 6.15. The highest BCUT2D eigenvalue weighted by atomic mass is 16.2. The number of hydrogen-bond acceptors (Lipinski definition) is 3. The Morgan fingerprint density at radius 2 is 2.28 bits per heavy atom. The molecule has 0 aromatic carbocycles. The van der Waals surface area contributed by atoms with Crippen LogP contribution in [0.1, 0.15) is 25.5 Å². The topological polar surface area (TPSA) is 61.0 Å². The van der Waals surface area contributed by atoms with Gasteiger partial charge in [-0.1, -0.05) is 6.92 Å². The minimum absolute atomic E-state index is 0.190. The summed E-state index contributed by atoms with van der Waals surface area (Å²) >= 11 is 0. The van der Waals surface area contributed by atoms with Crippen molar-refractivity contribution in [3.05, 3.63) is 18.2 Å². The van der Waals surface area contributed by atoms with Crippen LogP contribution in [0.25, 0.3) is 0 Å². The van der Waals surface area contributed by atoms with Gasteiger partial charge in [0.05, 0.1) is 6.33 Å². The van der Waals surface area contributed by atoms with E-state index < -0.39 is 0 Å². The maximum absolute atomic E-state index is 12.2.